The lowest BCUT2D eigenvalue weighted by Gasteiger charge is -1.99. The van der Waals surface area contributed by atoms with E-state index in [1.54, 1.807) is 11.3 Å². The smallest absolute Gasteiger partial charge is 0.123 e. The molecule has 15 heavy (non-hydrogen) atoms. The van der Waals surface area contributed by atoms with Gasteiger partial charge in [0, 0.05) is 27.7 Å². The Bertz CT molecular complexity index is 484. The first-order valence-electron chi connectivity index (χ1n) is 4.31. The van der Waals surface area contributed by atoms with E-state index in [1.807, 2.05) is 24.4 Å². The van der Waals surface area contributed by atoms with E-state index in [1.165, 1.54) is 0 Å². The molecule has 0 aliphatic rings. The molecule has 5 heteroatoms. The predicted molar refractivity (Wildman–Crippen MR) is 68.2 cm³/mol. The summed E-state index contributed by atoms with van der Waals surface area (Å²) in [5.74, 6) is 0. The monoisotopic (exact) mass is 302 g/mol. The van der Waals surface area contributed by atoms with Gasteiger partial charge in [0.15, 0.2) is 0 Å². The maximum absolute atomic E-state index is 5.92. The van der Waals surface area contributed by atoms with Gasteiger partial charge in [0.05, 0.1) is 5.02 Å². The molecule has 0 amide bonds. The third-order valence-corrected chi connectivity index (χ3v) is 4.20. The van der Waals surface area contributed by atoms with Gasteiger partial charge in [0.1, 0.15) is 5.01 Å². The molecule has 2 N–H and O–H groups in total. The molecule has 1 heterocycles. The van der Waals surface area contributed by atoms with E-state index in [0.717, 1.165) is 19.9 Å². The molecular formula is C10H8BrClN2S. The molecule has 0 aliphatic heterocycles. The van der Waals surface area contributed by atoms with Gasteiger partial charge in [-0.2, -0.15) is 0 Å². The van der Waals surface area contributed by atoms with Crippen LogP contribution in [0.1, 0.15) is 4.88 Å². The second kappa shape index (κ2) is 4.61. The zero-order chi connectivity index (χ0) is 10.8. The predicted octanol–water partition coefficient (Wildman–Crippen LogP) is 3.68. The number of thiazole rings is 1. The molecule has 2 aromatic rings. The molecule has 0 spiro atoms. The van der Waals surface area contributed by atoms with E-state index < -0.39 is 0 Å². The SMILES string of the molecule is NCc1cnc(-c2ccc(Cl)c(Br)c2)s1. The summed E-state index contributed by atoms with van der Waals surface area (Å²) in [6, 6.07) is 5.76. The van der Waals surface area contributed by atoms with E-state index in [2.05, 4.69) is 20.9 Å². The molecule has 0 atom stereocenters. The lowest BCUT2D eigenvalue weighted by molar-refractivity contribution is 1.10. The van der Waals surface area contributed by atoms with Gasteiger partial charge in [-0.3, -0.25) is 0 Å². The van der Waals surface area contributed by atoms with Crippen LogP contribution >= 0.6 is 38.9 Å². The molecule has 2 rings (SSSR count). The topological polar surface area (TPSA) is 38.9 Å². The van der Waals surface area contributed by atoms with Gasteiger partial charge in [0.25, 0.3) is 0 Å². The molecule has 0 fully saturated rings. The Balaban J connectivity index is 2.40. The van der Waals surface area contributed by atoms with Crippen molar-refractivity contribution >= 4 is 38.9 Å². The van der Waals surface area contributed by atoms with Gasteiger partial charge < -0.3 is 5.73 Å². The molecular weight excluding hydrogens is 296 g/mol. The van der Waals surface area contributed by atoms with Crippen LogP contribution in [0.25, 0.3) is 10.6 Å². The van der Waals surface area contributed by atoms with Gasteiger partial charge in [-0.1, -0.05) is 17.7 Å². The summed E-state index contributed by atoms with van der Waals surface area (Å²) < 4.78 is 0.881. The summed E-state index contributed by atoms with van der Waals surface area (Å²) in [5.41, 5.74) is 6.59. The number of hydrogen-bond donors (Lipinski definition) is 1. The minimum Gasteiger partial charge on any atom is -0.326 e. The molecule has 0 radical (unpaired) electrons. The van der Waals surface area contributed by atoms with Gasteiger partial charge >= 0.3 is 0 Å². The number of aromatic nitrogens is 1. The van der Waals surface area contributed by atoms with Crippen LogP contribution < -0.4 is 5.73 Å². The average Bonchev–Trinajstić information content (AvgIpc) is 2.70. The van der Waals surface area contributed by atoms with Crippen LogP contribution in [0.5, 0.6) is 0 Å². The first-order chi connectivity index (χ1) is 7.20. The fraction of sp³-hybridized carbons (Fsp3) is 0.100. The molecule has 1 aromatic carbocycles. The van der Waals surface area contributed by atoms with E-state index in [4.69, 9.17) is 17.3 Å². The second-order valence-corrected chi connectivity index (χ2v) is 5.34. The van der Waals surface area contributed by atoms with Crippen molar-refractivity contribution in [3.8, 4) is 10.6 Å². The van der Waals surface area contributed by atoms with Crippen molar-refractivity contribution in [3.63, 3.8) is 0 Å². The van der Waals surface area contributed by atoms with Crippen molar-refractivity contribution in [2.75, 3.05) is 0 Å². The Kier molecular flexibility index (Phi) is 3.41. The average molecular weight is 304 g/mol. The van der Waals surface area contributed by atoms with E-state index in [-0.39, 0.29) is 0 Å². The highest BCUT2D eigenvalue weighted by atomic mass is 79.9. The first-order valence-corrected chi connectivity index (χ1v) is 6.29. The minimum atomic E-state index is 0.534. The number of rotatable bonds is 2. The molecule has 0 saturated heterocycles. The van der Waals surface area contributed by atoms with Crippen LogP contribution in [0.3, 0.4) is 0 Å². The molecule has 0 saturated carbocycles. The van der Waals surface area contributed by atoms with Gasteiger partial charge in [-0.15, -0.1) is 11.3 Å². The Morgan fingerprint density at radius 1 is 1.47 bits per heavy atom. The first kappa shape index (κ1) is 11.1. The Labute approximate surface area is 105 Å². The third-order valence-electron chi connectivity index (χ3n) is 1.92. The van der Waals surface area contributed by atoms with E-state index in [9.17, 15) is 0 Å². The zero-order valence-corrected chi connectivity index (χ0v) is 10.9. The van der Waals surface area contributed by atoms with Crippen LogP contribution in [0.4, 0.5) is 0 Å². The normalized spacial score (nSPS) is 10.6. The van der Waals surface area contributed by atoms with Crippen molar-refractivity contribution in [1.29, 1.82) is 0 Å². The number of benzene rings is 1. The van der Waals surface area contributed by atoms with Crippen LogP contribution in [-0.2, 0) is 6.54 Å². The standard InChI is InChI=1S/C10H8BrClN2S/c11-8-3-6(1-2-9(8)12)10-14-5-7(4-13)15-10/h1-3,5H,4,13H2. The minimum absolute atomic E-state index is 0.534. The number of hydrogen-bond acceptors (Lipinski definition) is 3. The molecule has 1 aromatic heterocycles. The second-order valence-electron chi connectivity index (χ2n) is 2.96. The van der Waals surface area contributed by atoms with Gasteiger partial charge in [-0.05, 0) is 28.1 Å². The summed E-state index contributed by atoms with van der Waals surface area (Å²) in [6.45, 7) is 0.534. The molecule has 0 bridgehead atoms. The van der Waals surface area contributed by atoms with Gasteiger partial charge in [0.2, 0.25) is 0 Å². The number of nitrogens with two attached hydrogens (primary N) is 1. The summed E-state index contributed by atoms with van der Waals surface area (Å²) in [7, 11) is 0. The fourth-order valence-electron chi connectivity index (χ4n) is 1.16. The van der Waals surface area contributed by atoms with Crippen molar-refractivity contribution < 1.29 is 0 Å². The lowest BCUT2D eigenvalue weighted by Crippen LogP contribution is -1.91. The van der Waals surface area contributed by atoms with E-state index in [0.29, 0.717) is 11.6 Å². The van der Waals surface area contributed by atoms with Crippen LogP contribution in [0.2, 0.25) is 5.02 Å². The third kappa shape index (κ3) is 2.39. The number of nitrogens with zero attached hydrogens (tertiary/aromatic N) is 1. The van der Waals surface area contributed by atoms with Gasteiger partial charge in [-0.25, -0.2) is 4.98 Å². The summed E-state index contributed by atoms with van der Waals surface area (Å²) >= 11 is 10.9. The van der Waals surface area contributed by atoms with Crippen LogP contribution in [-0.4, -0.2) is 4.98 Å². The fourth-order valence-corrected chi connectivity index (χ4v) is 2.45. The highest BCUT2D eigenvalue weighted by Crippen LogP contribution is 2.30. The van der Waals surface area contributed by atoms with Crippen molar-refractivity contribution in [2.45, 2.75) is 6.54 Å². The number of halogens is 2. The van der Waals surface area contributed by atoms with Crippen LogP contribution in [0, 0.1) is 0 Å². The largest absolute Gasteiger partial charge is 0.326 e. The lowest BCUT2D eigenvalue weighted by atomic mass is 10.2. The summed E-state index contributed by atoms with van der Waals surface area (Å²) in [6.07, 6.45) is 1.81. The van der Waals surface area contributed by atoms with Crippen LogP contribution in [0.15, 0.2) is 28.9 Å². The quantitative estimate of drug-likeness (QED) is 0.919. The van der Waals surface area contributed by atoms with Crippen molar-refractivity contribution in [1.82, 2.24) is 4.98 Å². The summed E-state index contributed by atoms with van der Waals surface area (Å²) in [4.78, 5) is 5.38. The van der Waals surface area contributed by atoms with E-state index >= 15 is 0 Å². The highest BCUT2D eigenvalue weighted by Gasteiger charge is 2.05. The molecule has 0 aliphatic carbocycles. The highest BCUT2D eigenvalue weighted by molar-refractivity contribution is 9.10. The Hall–Kier alpha value is -0.420. The van der Waals surface area contributed by atoms with Crippen molar-refractivity contribution in [2.24, 2.45) is 5.73 Å². The zero-order valence-electron chi connectivity index (χ0n) is 7.71. The Morgan fingerprint density at radius 3 is 2.87 bits per heavy atom. The molecule has 0 unspecified atom stereocenters. The maximum Gasteiger partial charge on any atom is 0.123 e. The van der Waals surface area contributed by atoms with Crippen molar-refractivity contribution in [3.05, 3.63) is 38.8 Å². The maximum atomic E-state index is 5.92. The molecule has 2 nitrogen and oxygen atoms in total. The molecule has 78 valence electrons. The Morgan fingerprint density at radius 2 is 2.27 bits per heavy atom. The summed E-state index contributed by atoms with van der Waals surface area (Å²) in [5, 5.41) is 1.67.